The number of hydrogen-bond donors (Lipinski definition) is 1. The molecule has 0 atom stereocenters. The van der Waals surface area contributed by atoms with E-state index in [1.165, 1.54) is 18.4 Å². The molecule has 0 aliphatic carbocycles. The molecular weight excluding hydrogens is 422 g/mol. The fourth-order valence-corrected chi connectivity index (χ4v) is 4.52. The van der Waals surface area contributed by atoms with Crippen LogP contribution in [0.5, 0.6) is 5.75 Å². The Bertz CT molecular complexity index is 1090. The maximum absolute atomic E-state index is 12.6. The average Bonchev–Trinajstić information content (AvgIpc) is 3.02. The van der Waals surface area contributed by atoms with Gasteiger partial charge >= 0.3 is 5.97 Å². The van der Waals surface area contributed by atoms with Crippen LogP contribution in [0.3, 0.4) is 0 Å². The van der Waals surface area contributed by atoms with Crippen LogP contribution in [-0.2, 0) is 9.53 Å². The number of amides is 1. The van der Waals surface area contributed by atoms with Crippen molar-refractivity contribution in [3.05, 3.63) is 69.1 Å². The molecule has 156 valence electrons. The minimum absolute atomic E-state index is 0.171. The van der Waals surface area contributed by atoms with Crippen molar-refractivity contribution in [1.82, 2.24) is 0 Å². The molecule has 1 N–H and O–H groups in total. The Morgan fingerprint density at radius 2 is 1.73 bits per heavy atom. The number of thiophene rings is 1. The Labute approximate surface area is 184 Å². The van der Waals surface area contributed by atoms with Crippen molar-refractivity contribution in [2.24, 2.45) is 0 Å². The highest BCUT2D eigenvalue weighted by Crippen LogP contribution is 2.41. The van der Waals surface area contributed by atoms with Crippen molar-refractivity contribution < 1.29 is 19.1 Å². The zero-order chi connectivity index (χ0) is 21.8. The molecule has 1 amide bonds. The lowest BCUT2D eigenvalue weighted by Crippen LogP contribution is -2.21. The Kier molecular flexibility index (Phi) is 6.80. The summed E-state index contributed by atoms with van der Waals surface area (Å²) in [5.41, 5.74) is 3.69. The van der Waals surface area contributed by atoms with Gasteiger partial charge in [0.25, 0.3) is 5.91 Å². The molecule has 30 heavy (non-hydrogen) atoms. The molecule has 7 heteroatoms. The highest BCUT2D eigenvalue weighted by molar-refractivity contribution is 7.17. The Morgan fingerprint density at radius 3 is 2.37 bits per heavy atom. The van der Waals surface area contributed by atoms with E-state index in [1.54, 1.807) is 12.1 Å². The Balaban J connectivity index is 1.88. The number of carbonyl (C=O) groups is 2. The van der Waals surface area contributed by atoms with E-state index < -0.39 is 5.97 Å². The number of esters is 1. The number of rotatable bonds is 6. The molecule has 0 unspecified atom stereocenters. The fourth-order valence-electron chi connectivity index (χ4n) is 3.25. The van der Waals surface area contributed by atoms with Crippen LogP contribution in [0.1, 0.15) is 26.4 Å². The predicted molar refractivity (Wildman–Crippen MR) is 121 cm³/mol. The van der Waals surface area contributed by atoms with Crippen molar-refractivity contribution >= 4 is 39.8 Å². The number of aryl methyl sites for hydroxylation is 3. The molecule has 2 aromatic carbocycles. The lowest BCUT2D eigenvalue weighted by molar-refractivity contribution is -0.118. The number of methoxy groups -OCH3 is 1. The molecule has 0 radical (unpaired) electrons. The standard InChI is InChI=1S/C23H22ClNO4S/c1-13-7-5-8-14(2)21(13)29-12-18(26)25-22-20(23(27)28-4)19(15(3)30-22)16-9-6-10-17(24)11-16/h5-11H,12H2,1-4H3,(H,25,26). The quantitative estimate of drug-likeness (QED) is 0.489. The van der Waals surface area contributed by atoms with Gasteiger partial charge in [-0.2, -0.15) is 0 Å². The van der Waals surface area contributed by atoms with Gasteiger partial charge in [-0.3, -0.25) is 4.79 Å². The van der Waals surface area contributed by atoms with E-state index >= 15 is 0 Å². The molecular formula is C23H22ClNO4S. The highest BCUT2D eigenvalue weighted by Gasteiger charge is 2.25. The molecule has 1 heterocycles. The van der Waals surface area contributed by atoms with Crippen LogP contribution in [0, 0.1) is 20.8 Å². The summed E-state index contributed by atoms with van der Waals surface area (Å²) >= 11 is 7.44. The van der Waals surface area contributed by atoms with Crippen LogP contribution >= 0.6 is 22.9 Å². The van der Waals surface area contributed by atoms with E-state index in [9.17, 15) is 9.59 Å². The number of halogens is 1. The van der Waals surface area contributed by atoms with Crippen LogP contribution in [0.15, 0.2) is 42.5 Å². The maximum Gasteiger partial charge on any atom is 0.341 e. The number of carbonyl (C=O) groups excluding carboxylic acids is 2. The normalized spacial score (nSPS) is 10.6. The predicted octanol–water partition coefficient (Wildman–Crippen LogP) is 5.80. The monoisotopic (exact) mass is 443 g/mol. The van der Waals surface area contributed by atoms with Gasteiger partial charge in [0.2, 0.25) is 0 Å². The summed E-state index contributed by atoms with van der Waals surface area (Å²) in [7, 11) is 1.31. The summed E-state index contributed by atoms with van der Waals surface area (Å²) in [4.78, 5) is 26.0. The molecule has 0 saturated heterocycles. The van der Waals surface area contributed by atoms with Crippen LogP contribution in [0.2, 0.25) is 5.02 Å². The van der Waals surface area contributed by atoms with Gasteiger partial charge in [0.05, 0.1) is 7.11 Å². The number of hydrogen-bond acceptors (Lipinski definition) is 5. The van der Waals surface area contributed by atoms with E-state index in [4.69, 9.17) is 21.1 Å². The molecule has 0 bridgehead atoms. The lowest BCUT2D eigenvalue weighted by atomic mass is 10.0. The van der Waals surface area contributed by atoms with Crippen LogP contribution < -0.4 is 10.1 Å². The summed E-state index contributed by atoms with van der Waals surface area (Å²) < 4.78 is 10.7. The third-order valence-electron chi connectivity index (χ3n) is 4.60. The first-order valence-corrected chi connectivity index (χ1v) is 10.5. The van der Waals surface area contributed by atoms with E-state index in [0.717, 1.165) is 21.6 Å². The number of para-hydroxylation sites is 1. The van der Waals surface area contributed by atoms with Crippen molar-refractivity contribution in [1.29, 1.82) is 0 Å². The summed E-state index contributed by atoms with van der Waals surface area (Å²) in [5, 5.41) is 3.78. The number of anilines is 1. The van der Waals surface area contributed by atoms with Crippen molar-refractivity contribution in [3.8, 4) is 16.9 Å². The molecule has 3 rings (SSSR count). The number of ether oxygens (including phenoxy) is 2. The summed E-state index contributed by atoms with van der Waals surface area (Å²) in [5.74, 6) is -0.204. The van der Waals surface area contributed by atoms with Gasteiger partial charge < -0.3 is 14.8 Å². The minimum atomic E-state index is -0.528. The smallest absolute Gasteiger partial charge is 0.341 e. The van der Waals surface area contributed by atoms with Gasteiger partial charge in [0, 0.05) is 15.5 Å². The SMILES string of the molecule is COC(=O)c1c(NC(=O)COc2c(C)cccc2C)sc(C)c1-c1cccc(Cl)c1. The van der Waals surface area contributed by atoms with Crippen LogP contribution in [-0.4, -0.2) is 25.6 Å². The Morgan fingerprint density at radius 1 is 1.07 bits per heavy atom. The first kappa shape index (κ1) is 21.9. The topological polar surface area (TPSA) is 64.6 Å². The van der Waals surface area contributed by atoms with Gasteiger partial charge in [-0.25, -0.2) is 4.79 Å². The second-order valence-corrected chi connectivity index (χ2v) is 8.46. The van der Waals surface area contributed by atoms with Crippen LogP contribution in [0.25, 0.3) is 11.1 Å². The molecule has 0 aliphatic rings. The first-order valence-electron chi connectivity index (χ1n) is 9.28. The van der Waals surface area contributed by atoms with E-state index in [1.807, 2.05) is 51.1 Å². The fraction of sp³-hybridized carbons (Fsp3) is 0.217. The molecule has 3 aromatic rings. The third-order valence-corrected chi connectivity index (χ3v) is 5.85. The lowest BCUT2D eigenvalue weighted by Gasteiger charge is -2.12. The van der Waals surface area contributed by atoms with E-state index in [-0.39, 0.29) is 12.5 Å². The largest absolute Gasteiger partial charge is 0.483 e. The van der Waals surface area contributed by atoms with Crippen molar-refractivity contribution in [2.45, 2.75) is 20.8 Å². The van der Waals surface area contributed by atoms with Gasteiger partial charge in [-0.1, -0.05) is 41.9 Å². The van der Waals surface area contributed by atoms with Crippen LogP contribution in [0.4, 0.5) is 5.00 Å². The third kappa shape index (κ3) is 4.66. The van der Waals surface area contributed by atoms with Crippen molar-refractivity contribution in [2.75, 3.05) is 19.0 Å². The molecule has 1 aromatic heterocycles. The van der Waals surface area contributed by atoms with Gasteiger partial charge in [0.15, 0.2) is 6.61 Å². The molecule has 0 fully saturated rings. The average molecular weight is 444 g/mol. The molecule has 0 aliphatic heterocycles. The molecule has 0 spiro atoms. The highest BCUT2D eigenvalue weighted by atomic mass is 35.5. The summed E-state index contributed by atoms with van der Waals surface area (Å²) in [6.45, 7) is 5.57. The molecule has 0 saturated carbocycles. The number of benzene rings is 2. The minimum Gasteiger partial charge on any atom is -0.483 e. The second-order valence-electron chi connectivity index (χ2n) is 6.80. The zero-order valence-corrected chi connectivity index (χ0v) is 18.7. The van der Waals surface area contributed by atoms with Gasteiger partial charge in [0.1, 0.15) is 16.3 Å². The van der Waals surface area contributed by atoms with E-state index in [0.29, 0.717) is 26.9 Å². The first-order chi connectivity index (χ1) is 14.3. The van der Waals surface area contributed by atoms with Crippen molar-refractivity contribution in [3.63, 3.8) is 0 Å². The second kappa shape index (κ2) is 9.32. The van der Waals surface area contributed by atoms with Gasteiger partial charge in [-0.05, 0) is 49.6 Å². The van der Waals surface area contributed by atoms with E-state index in [2.05, 4.69) is 5.32 Å². The van der Waals surface area contributed by atoms with Gasteiger partial charge in [-0.15, -0.1) is 11.3 Å². The maximum atomic E-state index is 12.6. The summed E-state index contributed by atoms with van der Waals surface area (Å²) in [6.07, 6.45) is 0. The zero-order valence-electron chi connectivity index (χ0n) is 17.2. The molecule has 5 nitrogen and oxygen atoms in total. The number of nitrogens with one attached hydrogen (secondary N) is 1. The Hall–Kier alpha value is -2.83. The summed E-state index contributed by atoms with van der Waals surface area (Å²) in [6, 6.07) is 13.0.